The lowest BCUT2D eigenvalue weighted by Crippen LogP contribution is -2.54. The second-order valence-electron chi connectivity index (χ2n) is 3.32. The van der Waals surface area contributed by atoms with E-state index in [2.05, 4.69) is 10.4 Å². The van der Waals surface area contributed by atoms with E-state index < -0.39 is 0 Å². The number of quaternary nitrogens is 1. The van der Waals surface area contributed by atoms with Gasteiger partial charge in [0.1, 0.15) is 11.5 Å². The van der Waals surface area contributed by atoms with Crippen molar-refractivity contribution < 1.29 is 0 Å². The van der Waals surface area contributed by atoms with Crippen LogP contribution in [0.25, 0.3) is 6.08 Å². The molecule has 5 heteroatoms. The Labute approximate surface area is 76.6 Å². The third-order valence-electron chi connectivity index (χ3n) is 2.58. The summed E-state index contributed by atoms with van der Waals surface area (Å²) in [6.07, 6.45) is 1.89. The number of aromatic amines is 1. The minimum Gasteiger partial charge on any atom is -0.385 e. The molecule has 1 aliphatic rings. The smallest absolute Gasteiger partial charge is 0.225 e. The summed E-state index contributed by atoms with van der Waals surface area (Å²) in [7, 11) is 3.84. The summed E-state index contributed by atoms with van der Waals surface area (Å²) in [6, 6.07) is 1.89. The van der Waals surface area contributed by atoms with Crippen LogP contribution in [0.2, 0.25) is 0 Å². The first-order valence-corrected chi connectivity index (χ1v) is 4.10. The number of nitrogens with one attached hydrogen (secondary N) is 2. The van der Waals surface area contributed by atoms with Crippen LogP contribution in [0.15, 0.2) is 11.9 Å². The van der Waals surface area contributed by atoms with Gasteiger partial charge < -0.3 is 16.5 Å². The van der Waals surface area contributed by atoms with Crippen molar-refractivity contribution in [2.45, 2.75) is 0 Å². The van der Waals surface area contributed by atoms with E-state index in [1.165, 1.54) is 0 Å². The van der Waals surface area contributed by atoms with Crippen LogP contribution in [0.3, 0.4) is 0 Å². The fourth-order valence-electron chi connectivity index (χ4n) is 1.63. The first-order chi connectivity index (χ1) is 6.08. The average molecular weight is 180 g/mol. The summed E-state index contributed by atoms with van der Waals surface area (Å²) < 4.78 is 0.406. The van der Waals surface area contributed by atoms with Crippen molar-refractivity contribution in [2.75, 3.05) is 19.8 Å². The minimum absolute atomic E-state index is 0.406. The van der Waals surface area contributed by atoms with Gasteiger partial charge in [-0.05, 0) is 0 Å². The van der Waals surface area contributed by atoms with Crippen molar-refractivity contribution >= 4 is 17.6 Å². The lowest BCUT2D eigenvalue weighted by molar-refractivity contribution is 0.332. The molecule has 1 unspecified atom stereocenters. The number of hydrogen-bond acceptors (Lipinski definition) is 3. The number of fused-ring (bicyclic) bond motifs is 1. The molecular formula is C8H14N5+. The van der Waals surface area contributed by atoms with Gasteiger partial charge in [-0.15, -0.1) is 0 Å². The molecule has 0 spiro atoms. The Kier molecular flexibility index (Phi) is 1.43. The van der Waals surface area contributed by atoms with Gasteiger partial charge in [0.15, 0.2) is 5.69 Å². The van der Waals surface area contributed by atoms with Crippen molar-refractivity contribution in [1.82, 2.24) is 15.0 Å². The minimum atomic E-state index is 0.406. The fraction of sp³-hybridized carbons (Fsp3) is 0.250. The number of H-pyrrole nitrogens is 1. The lowest BCUT2D eigenvalue weighted by atomic mass is 10.4. The number of nitrogens with zero attached hydrogens (tertiary/aromatic N) is 1. The van der Waals surface area contributed by atoms with Crippen LogP contribution >= 0.6 is 0 Å². The molecule has 0 aliphatic carbocycles. The van der Waals surface area contributed by atoms with E-state index in [0.717, 1.165) is 17.2 Å². The van der Waals surface area contributed by atoms with E-state index in [1.807, 2.05) is 26.2 Å². The molecule has 13 heavy (non-hydrogen) atoms. The second-order valence-corrected chi connectivity index (χ2v) is 3.32. The topological polar surface area (TPSA) is 79.9 Å². The van der Waals surface area contributed by atoms with E-state index in [9.17, 15) is 0 Å². The van der Waals surface area contributed by atoms with Crippen molar-refractivity contribution in [2.24, 2.45) is 5.73 Å². The highest BCUT2D eigenvalue weighted by molar-refractivity contribution is 5.76. The Bertz CT molecular complexity index is 378. The molecule has 0 aromatic carbocycles. The van der Waals surface area contributed by atoms with Crippen LogP contribution in [0, 0.1) is 0 Å². The number of anilines is 1. The first kappa shape index (κ1) is 8.15. The molecule has 1 aliphatic heterocycles. The molecule has 1 aromatic heterocycles. The van der Waals surface area contributed by atoms with Gasteiger partial charge >= 0.3 is 0 Å². The molecule has 6 N–H and O–H groups in total. The highest BCUT2D eigenvalue weighted by Crippen LogP contribution is 2.35. The molecule has 2 heterocycles. The number of aromatic nitrogens is 1. The molecule has 70 valence electrons. The third kappa shape index (κ3) is 0.881. The normalized spacial score (nSPS) is 25.8. The van der Waals surface area contributed by atoms with Gasteiger partial charge in [-0.1, -0.05) is 0 Å². The van der Waals surface area contributed by atoms with Crippen LogP contribution in [0.4, 0.5) is 11.5 Å². The van der Waals surface area contributed by atoms with Crippen LogP contribution in [-0.2, 0) is 0 Å². The SMILES string of the molecule is CN[N+]1(C)C(N)=Cc2[nH]c(N)cc21. The zero-order valence-electron chi connectivity index (χ0n) is 7.76. The highest BCUT2D eigenvalue weighted by atomic mass is 15.7. The zero-order valence-corrected chi connectivity index (χ0v) is 7.76. The summed E-state index contributed by atoms with van der Waals surface area (Å²) in [5.74, 6) is 1.41. The van der Waals surface area contributed by atoms with E-state index in [4.69, 9.17) is 11.5 Å². The Balaban J connectivity index is 2.60. The molecule has 1 atom stereocenters. The lowest BCUT2D eigenvalue weighted by Gasteiger charge is -2.26. The predicted molar refractivity (Wildman–Crippen MR) is 54.1 cm³/mol. The summed E-state index contributed by atoms with van der Waals surface area (Å²) in [6.45, 7) is 0. The third-order valence-corrected chi connectivity index (χ3v) is 2.58. The predicted octanol–water partition coefficient (Wildman–Crippen LogP) is -0.0609. The van der Waals surface area contributed by atoms with Crippen LogP contribution in [-0.4, -0.2) is 19.1 Å². The molecule has 5 nitrogen and oxygen atoms in total. The quantitative estimate of drug-likeness (QED) is 0.457. The van der Waals surface area contributed by atoms with Crippen LogP contribution < -0.4 is 21.5 Å². The van der Waals surface area contributed by atoms with E-state index in [-0.39, 0.29) is 0 Å². The first-order valence-electron chi connectivity index (χ1n) is 4.10. The number of nitrogens with two attached hydrogens (primary N) is 2. The molecule has 2 rings (SSSR count). The molecule has 0 saturated heterocycles. The van der Waals surface area contributed by atoms with Crippen molar-refractivity contribution in [3.8, 4) is 0 Å². The Morgan fingerprint density at radius 2 is 2.15 bits per heavy atom. The monoisotopic (exact) mass is 180 g/mol. The summed E-state index contributed by atoms with van der Waals surface area (Å²) >= 11 is 0. The van der Waals surface area contributed by atoms with Crippen molar-refractivity contribution in [3.63, 3.8) is 0 Å². The fourth-order valence-corrected chi connectivity index (χ4v) is 1.63. The average Bonchev–Trinajstić information content (AvgIpc) is 2.53. The second kappa shape index (κ2) is 2.27. The molecule has 1 aromatic rings. The number of hydrogen-bond donors (Lipinski definition) is 4. The van der Waals surface area contributed by atoms with Crippen LogP contribution in [0.5, 0.6) is 0 Å². The highest BCUT2D eigenvalue weighted by Gasteiger charge is 2.37. The van der Waals surface area contributed by atoms with Crippen LogP contribution in [0.1, 0.15) is 5.69 Å². The van der Waals surface area contributed by atoms with E-state index in [1.54, 1.807) is 0 Å². The van der Waals surface area contributed by atoms with E-state index >= 15 is 0 Å². The maximum Gasteiger partial charge on any atom is 0.225 e. The van der Waals surface area contributed by atoms with Gasteiger partial charge in [-0.2, -0.15) is 10.0 Å². The molecule has 0 fully saturated rings. The summed E-state index contributed by atoms with van der Waals surface area (Å²) in [5.41, 5.74) is 16.7. The largest absolute Gasteiger partial charge is 0.385 e. The van der Waals surface area contributed by atoms with Gasteiger partial charge in [0.2, 0.25) is 5.82 Å². The Hall–Kier alpha value is -1.46. The van der Waals surface area contributed by atoms with Gasteiger partial charge in [0.05, 0.1) is 7.05 Å². The maximum absolute atomic E-state index is 5.88. The standard InChI is InChI=1S/C8H14N5/c1-11-13(2)6-4-7(9)12-5(6)3-8(13)10/h3-4,11-12H,9-10H2,1-2H3/q+1. The molecular weight excluding hydrogens is 166 g/mol. The maximum atomic E-state index is 5.88. The summed E-state index contributed by atoms with van der Waals surface area (Å²) in [5, 5.41) is 0. The van der Waals surface area contributed by atoms with Gasteiger partial charge in [0.25, 0.3) is 0 Å². The number of nitrogen functional groups attached to an aromatic ring is 1. The van der Waals surface area contributed by atoms with Crippen molar-refractivity contribution in [3.05, 3.63) is 17.6 Å². The molecule has 0 amide bonds. The van der Waals surface area contributed by atoms with Crippen molar-refractivity contribution in [1.29, 1.82) is 0 Å². The molecule has 0 radical (unpaired) electrons. The molecule has 0 bridgehead atoms. The summed E-state index contributed by atoms with van der Waals surface area (Å²) in [4.78, 5) is 3.04. The Morgan fingerprint density at radius 1 is 1.46 bits per heavy atom. The Morgan fingerprint density at radius 3 is 2.77 bits per heavy atom. The number of rotatable bonds is 1. The van der Waals surface area contributed by atoms with Gasteiger partial charge in [0, 0.05) is 19.2 Å². The van der Waals surface area contributed by atoms with Gasteiger partial charge in [-0.25, -0.2) is 0 Å². The van der Waals surface area contributed by atoms with E-state index in [0.29, 0.717) is 10.4 Å². The molecule has 0 saturated carbocycles. The van der Waals surface area contributed by atoms with Gasteiger partial charge in [-0.3, -0.25) is 0 Å². The zero-order chi connectivity index (χ0) is 9.64.